The summed E-state index contributed by atoms with van der Waals surface area (Å²) >= 11 is 4.91. The van der Waals surface area contributed by atoms with E-state index < -0.39 is 0 Å². The Labute approximate surface area is 82.5 Å². The van der Waals surface area contributed by atoms with Gasteiger partial charge in [-0.3, -0.25) is 4.68 Å². The molecular formula is C7H13N5S. The number of nitrogens with one attached hydrogen (secondary N) is 2. The van der Waals surface area contributed by atoms with Crippen LogP contribution in [0.1, 0.15) is 6.42 Å². The van der Waals surface area contributed by atoms with Crippen LogP contribution in [0.4, 0.5) is 0 Å². The smallest absolute Gasteiger partial charge is 0.166 e. The Balaban J connectivity index is 2.05. The van der Waals surface area contributed by atoms with E-state index in [1.165, 1.54) is 0 Å². The molecule has 1 rings (SSSR count). The van der Waals surface area contributed by atoms with Crippen LogP contribution in [0, 0.1) is 0 Å². The van der Waals surface area contributed by atoms with Gasteiger partial charge >= 0.3 is 0 Å². The van der Waals surface area contributed by atoms with E-state index in [9.17, 15) is 0 Å². The summed E-state index contributed by atoms with van der Waals surface area (Å²) in [6.45, 7) is 1.71. The number of aromatic nitrogens is 3. The van der Waals surface area contributed by atoms with E-state index in [1.807, 2.05) is 6.20 Å². The van der Waals surface area contributed by atoms with Crippen molar-refractivity contribution < 1.29 is 0 Å². The van der Waals surface area contributed by atoms with Crippen molar-refractivity contribution in [1.29, 1.82) is 0 Å². The minimum Gasteiger partial charge on any atom is -0.366 e. The van der Waals surface area contributed by atoms with Crippen LogP contribution in [-0.2, 0) is 6.54 Å². The molecule has 1 aromatic rings. The zero-order valence-corrected chi connectivity index (χ0v) is 8.34. The van der Waals surface area contributed by atoms with Crippen molar-refractivity contribution in [1.82, 2.24) is 25.6 Å². The molecule has 0 atom stereocenters. The largest absolute Gasteiger partial charge is 0.366 e. The number of nitrogens with zero attached hydrogens (tertiary/aromatic N) is 3. The molecule has 0 aliphatic heterocycles. The quantitative estimate of drug-likeness (QED) is 0.518. The van der Waals surface area contributed by atoms with Gasteiger partial charge in [0.15, 0.2) is 5.11 Å². The third-order valence-electron chi connectivity index (χ3n) is 1.55. The molecule has 6 heteroatoms. The fourth-order valence-electron chi connectivity index (χ4n) is 0.883. The van der Waals surface area contributed by atoms with E-state index in [2.05, 4.69) is 20.9 Å². The molecule has 0 aliphatic rings. The summed E-state index contributed by atoms with van der Waals surface area (Å²) in [6.07, 6.45) is 4.49. The van der Waals surface area contributed by atoms with Gasteiger partial charge in [0.1, 0.15) is 0 Å². The fourth-order valence-corrected chi connectivity index (χ4v) is 0.985. The highest BCUT2D eigenvalue weighted by atomic mass is 32.1. The summed E-state index contributed by atoms with van der Waals surface area (Å²) in [5, 5.41) is 14.1. The van der Waals surface area contributed by atoms with Crippen LogP contribution in [0.15, 0.2) is 12.4 Å². The highest BCUT2D eigenvalue weighted by Gasteiger charge is 1.92. The molecule has 0 aliphatic carbocycles. The van der Waals surface area contributed by atoms with Crippen molar-refractivity contribution in [3.8, 4) is 0 Å². The van der Waals surface area contributed by atoms with Gasteiger partial charge in [-0.25, -0.2) is 0 Å². The maximum atomic E-state index is 4.91. The average molecular weight is 199 g/mol. The van der Waals surface area contributed by atoms with Gasteiger partial charge < -0.3 is 10.6 Å². The van der Waals surface area contributed by atoms with Gasteiger partial charge in [-0.15, -0.1) is 5.10 Å². The molecule has 0 fully saturated rings. The van der Waals surface area contributed by atoms with Gasteiger partial charge in [-0.2, -0.15) is 0 Å². The van der Waals surface area contributed by atoms with Crippen LogP contribution in [0.5, 0.6) is 0 Å². The average Bonchev–Trinajstić information content (AvgIpc) is 2.64. The number of thiocarbonyl (C=S) groups is 1. The summed E-state index contributed by atoms with van der Waals surface area (Å²) in [4.78, 5) is 0. The Bertz CT molecular complexity index is 245. The zero-order valence-electron chi connectivity index (χ0n) is 7.53. The monoisotopic (exact) mass is 199 g/mol. The number of hydrogen-bond acceptors (Lipinski definition) is 3. The maximum Gasteiger partial charge on any atom is 0.166 e. The third kappa shape index (κ3) is 3.84. The Morgan fingerprint density at radius 2 is 2.46 bits per heavy atom. The topological polar surface area (TPSA) is 54.8 Å². The highest BCUT2D eigenvalue weighted by Crippen LogP contribution is 1.85. The Kier molecular flexibility index (Phi) is 4.17. The molecular weight excluding hydrogens is 186 g/mol. The molecule has 0 spiro atoms. The fraction of sp³-hybridized carbons (Fsp3) is 0.571. The van der Waals surface area contributed by atoms with E-state index in [4.69, 9.17) is 12.2 Å². The molecule has 1 heterocycles. The lowest BCUT2D eigenvalue weighted by Crippen LogP contribution is -2.33. The lowest BCUT2D eigenvalue weighted by molar-refractivity contribution is 0.554. The molecule has 0 radical (unpaired) electrons. The molecule has 13 heavy (non-hydrogen) atoms. The summed E-state index contributed by atoms with van der Waals surface area (Å²) in [5.41, 5.74) is 0. The van der Waals surface area contributed by atoms with Crippen LogP contribution in [0.3, 0.4) is 0 Å². The third-order valence-corrected chi connectivity index (χ3v) is 1.90. The summed E-state index contributed by atoms with van der Waals surface area (Å²) in [6, 6.07) is 0. The molecule has 0 aromatic carbocycles. The molecule has 1 aromatic heterocycles. The second kappa shape index (κ2) is 5.47. The first-order chi connectivity index (χ1) is 6.33. The second-order valence-electron chi connectivity index (χ2n) is 2.53. The number of aryl methyl sites for hydroxylation is 1. The summed E-state index contributed by atoms with van der Waals surface area (Å²) in [5.74, 6) is 0. The van der Waals surface area contributed by atoms with Crippen molar-refractivity contribution in [2.75, 3.05) is 13.6 Å². The molecule has 0 saturated carbocycles. The first kappa shape index (κ1) is 9.91. The van der Waals surface area contributed by atoms with Crippen molar-refractivity contribution in [3.63, 3.8) is 0 Å². The van der Waals surface area contributed by atoms with E-state index in [0.717, 1.165) is 19.5 Å². The first-order valence-electron chi connectivity index (χ1n) is 4.12. The molecule has 0 bridgehead atoms. The van der Waals surface area contributed by atoms with E-state index in [-0.39, 0.29) is 0 Å². The molecule has 2 N–H and O–H groups in total. The van der Waals surface area contributed by atoms with Crippen LogP contribution >= 0.6 is 12.2 Å². The van der Waals surface area contributed by atoms with Gasteiger partial charge in [0, 0.05) is 26.3 Å². The second-order valence-corrected chi connectivity index (χ2v) is 2.93. The SMILES string of the molecule is CNC(=S)NCCCn1ccnn1. The van der Waals surface area contributed by atoms with Crippen LogP contribution in [-0.4, -0.2) is 33.7 Å². The van der Waals surface area contributed by atoms with Gasteiger partial charge in [0.25, 0.3) is 0 Å². The molecule has 0 unspecified atom stereocenters. The van der Waals surface area contributed by atoms with Crippen LogP contribution < -0.4 is 10.6 Å². The predicted octanol–water partition coefficient (Wildman–Crippen LogP) is -0.238. The minimum atomic E-state index is 0.679. The highest BCUT2D eigenvalue weighted by molar-refractivity contribution is 7.80. The summed E-state index contributed by atoms with van der Waals surface area (Å²) < 4.78 is 1.80. The van der Waals surface area contributed by atoms with E-state index in [0.29, 0.717) is 5.11 Å². The standard InChI is InChI=1S/C7H13N5S/c1-8-7(13)9-3-2-5-12-6-4-10-11-12/h4,6H,2-3,5H2,1H3,(H2,8,9,13). The predicted molar refractivity (Wildman–Crippen MR) is 54.3 cm³/mol. The molecule has 72 valence electrons. The summed E-state index contributed by atoms with van der Waals surface area (Å²) in [7, 11) is 1.80. The molecule has 0 amide bonds. The van der Waals surface area contributed by atoms with Crippen molar-refractivity contribution in [2.45, 2.75) is 13.0 Å². The van der Waals surface area contributed by atoms with E-state index >= 15 is 0 Å². The number of rotatable bonds is 4. The molecule has 0 saturated heterocycles. The minimum absolute atomic E-state index is 0.679. The normalized spacial score (nSPS) is 9.62. The van der Waals surface area contributed by atoms with Crippen molar-refractivity contribution in [2.24, 2.45) is 0 Å². The van der Waals surface area contributed by atoms with Crippen molar-refractivity contribution >= 4 is 17.3 Å². The Morgan fingerprint density at radius 3 is 3.08 bits per heavy atom. The lowest BCUT2D eigenvalue weighted by Gasteiger charge is -2.05. The van der Waals surface area contributed by atoms with Gasteiger partial charge in [-0.1, -0.05) is 5.21 Å². The molecule has 5 nitrogen and oxygen atoms in total. The Hall–Kier alpha value is -1.17. The lowest BCUT2D eigenvalue weighted by atomic mass is 10.4. The Morgan fingerprint density at radius 1 is 1.62 bits per heavy atom. The maximum absolute atomic E-state index is 4.91. The van der Waals surface area contributed by atoms with E-state index in [1.54, 1.807) is 17.9 Å². The number of hydrogen-bond donors (Lipinski definition) is 2. The van der Waals surface area contributed by atoms with Gasteiger partial charge in [-0.05, 0) is 18.6 Å². The van der Waals surface area contributed by atoms with Crippen LogP contribution in [0.2, 0.25) is 0 Å². The van der Waals surface area contributed by atoms with Crippen LogP contribution in [0.25, 0.3) is 0 Å². The van der Waals surface area contributed by atoms with Gasteiger partial charge in [0.2, 0.25) is 0 Å². The van der Waals surface area contributed by atoms with Crippen molar-refractivity contribution in [3.05, 3.63) is 12.4 Å². The van der Waals surface area contributed by atoms with Gasteiger partial charge in [0.05, 0.1) is 6.20 Å². The zero-order chi connectivity index (χ0) is 9.52. The first-order valence-corrected chi connectivity index (χ1v) is 4.53.